The van der Waals surface area contributed by atoms with Gasteiger partial charge in [0.15, 0.2) is 58.2 Å². The standard InChI is InChI=1S/C90H54F10N2O2/c1-3-53-13-33-67(34-14-53)103-69-37-21-57(22-38-69)89(59-45-83(95)87(99)84(96)46-59)75-11-7-5-9-71(75)73-41-29-63(49-77(73)89)101(65-31-43-79(91)81(93)51-65)61-25-17-55(18-26-61)56-19-27-62(28-20-56)102(66-32-44-80(92)82(94)52-66)64-30-42-74-72-10-6-8-12-76(72)90(78(74)50-64,60-47-85(97)88(100)86(98)48-60)58-23-39-70(40-24-58)104-68-35-15-54(4-2)16-36-68/h3-52H,1-2H2/t89-,90?/m1/s1. The van der Waals surface area contributed by atoms with Crippen molar-refractivity contribution in [2.75, 3.05) is 9.80 Å². The van der Waals surface area contributed by atoms with Gasteiger partial charge >= 0.3 is 0 Å². The van der Waals surface area contributed by atoms with E-state index in [2.05, 4.69) is 13.2 Å². The number of rotatable bonds is 17. The number of ether oxygens (including phenoxy) is 2. The topological polar surface area (TPSA) is 24.9 Å². The van der Waals surface area contributed by atoms with Gasteiger partial charge in [-0.05, 0) is 235 Å². The van der Waals surface area contributed by atoms with Gasteiger partial charge in [-0.1, -0.05) is 159 Å². The van der Waals surface area contributed by atoms with Crippen molar-refractivity contribution in [1.82, 2.24) is 0 Å². The van der Waals surface area contributed by atoms with E-state index in [9.17, 15) is 0 Å². The second-order valence-electron chi connectivity index (χ2n) is 25.3. The zero-order valence-corrected chi connectivity index (χ0v) is 54.8. The minimum atomic E-state index is -1.64. The fourth-order valence-electron chi connectivity index (χ4n) is 14.8. The van der Waals surface area contributed by atoms with Gasteiger partial charge in [-0.15, -0.1) is 0 Å². The summed E-state index contributed by atoms with van der Waals surface area (Å²) in [5.41, 5.74) is 8.67. The minimum absolute atomic E-state index is 0.0719. The Balaban J connectivity index is 0.788. The molecule has 104 heavy (non-hydrogen) atoms. The van der Waals surface area contributed by atoms with Crippen LogP contribution < -0.4 is 19.3 Å². The average Bonchev–Trinajstić information content (AvgIpc) is 1.53. The molecular weight excluding hydrogens is 1330 g/mol. The Kier molecular flexibility index (Phi) is 16.6. The summed E-state index contributed by atoms with van der Waals surface area (Å²) in [6, 6.07) is 79.9. The van der Waals surface area contributed by atoms with Crippen molar-refractivity contribution >= 4 is 46.3 Å². The first kappa shape index (κ1) is 65.7. The van der Waals surface area contributed by atoms with Crippen LogP contribution in [0.5, 0.6) is 23.0 Å². The van der Waals surface area contributed by atoms with E-state index in [-0.39, 0.29) is 22.5 Å². The van der Waals surface area contributed by atoms with Crippen LogP contribution in [0.4, 0.5) is 78.0 Å². The molecule has 0 amide bonds. The molecule has 14 aromatic carbocycles. The molecule has 0 fully saturated rings. The van der Waals surface area contributed by atoms with Crippen LogP contribution in [0.1, 0.15) is 55.6 Å². The monoisotopic (exact) mass is 1380 g/mol. The number of nitrogens with zero attached hydrogens (tertiary/aromatic N) is 2. The number of fused-ring (bicyclic) bond motifs is 6. The molecule has 0 saturated heterocycles. The highest BCUT2D eigenvalue weighted by Crippen LogP contribution is 2.60. The lowest BCUT2D eigenvalue weighted by Gasteiger charge is -2.35. The summed E-state index contributed by atoms with van der Waals surface area (Å²) in [5, 5.41) is 0. The van der Waals surface area contributed by atoms with Crippen molar-refractivity contribution < 1.29 is 53.4 Å². The van der Waals surface area contributed by atoms with E-state index in [4.69, 9.17) is 9.47 Å². The van der Waals surface area contributed by atoms with Gasteiger partial charge in [-0.3, -0.25) is 0 Å². The first-order valence-corrected chi connectivity index (χ1v) is 33.0. The molecule has 0 bridgehead atoms. The molecule has 14 aromatic rings. The summed E-state index contributed by atoms with van der Waals surface area (Å²) in [6.45, 7) is 7.64. The molecule has 0 saturated carbocycles. The molecule has 4 nitrogen and oxygen atoms in total. The first-order chi connectivity index (χ1) is 50.5. The van der Waals surface area contributed by atoms with Gasteiger partial charge in [0.05, 0.1) is 10.8 Å². The quantitative estimate of drug-likeness (QED) is 0.0670. The molecule has 0 aliphatic heterocycles. The summed E-state index contributed by atoms with van der Waals surface area (Å²) in [4.78, 5) is 3.43. The van der Waals surface area contributed by atoms with E-state index in [1.54, 1.807) is 143 Å². The zero-order valence-electron chi connectivity index (χ0n) is 54.8. The molecule has 0 radical (unpaired) electrons. The number of halogens is 10. The Morgan fingerprint density at radius 2 is 0.548 bits per heavy atom. The highest BCUT2D eigenvalue weighted by Gasteiger charge is 2.49. The summed E-state index contributed by atoms with van der Waals surface area (Å²) in [5.74, 6) is -11.4. The Bertz CT molecular complexity index is 5330. The first-order valence-electron chi connectivity index (χ1n) is 33.0. The molecule has 16 rings (SSSR count). The lowest BCUT2D eigenvalue weighted by molar-refractivity contribution is 0.443. The third-order valence-electron chi connectivity index (χ3n) is 19.6. The van der Waals surface area contributed by atoms with Crippen molar-refractivity contribution in [3.63, 3.8) is 0 Å². The van der Waals surface area contributed by atoms with Crippen molar-refractivity contribution in [3.8, 4) is 56.4 Å². The molecule has 0 N–H and O–H groups in total. The van der Waals surface area contributed by atoms with E-state index < -0.39 is 69.0 Å². The minimum Gasteiger partial charge on any atom is -0.457 e. The Morgan fingerprint density at radius 3 is 0.885 bits per heavy atom. The summed E-state index contributed by atoms with van der Waals surface area (Å²) >= 11 is 0. The fraction of sp³-hybridized carbons (Fsp3) is 0.0222. The number of hydrogen-bond donors (Lipinski definition) is 0. The lowest BCUT2D eigenvalue weighted by atomic mass is 9.67. The van der Waals surface area contributed by atoms with Crippen LogP contribution in [0.15, 0.2) is 304 Å². The predicted molar refractivity (Wildman–Crippen MR) is 389 cm³/mol. The van der Waals surface area contributed by atoms with Crippen LogP contribution in [0.25, 0.3) is 45.5 Å². The molecule has 1 unspecified atom stereocenters. The fourth-order valence-corrected chi connectivity index (χ4v) is 14.8. The largest absolute Gasteiger partial charge is 0.457 e. The summed E-state index contributed by atoms with van der Waals surface area (Å²) < 4.78 is 168. The van der Waals surface area contributed by atoms with E-state index >= 15 is 43.9 Å². The number of benzene rings is 14. The van der Waals surface area contributed by atoms with Gasteiger partial charge in [-0.2, -0.15) is 0 Å². The molecule has 2 aliphatic carbocycles. The smallest absolute Gasteiger partial charge is 0.194 e. The van der Waals surface area contributed by atoms with Crippen LogP contribution in [0.3, 0.4) is 0 Å². The van der Waals surface area contributed by atoms with Gasteiger partial charge in [0.25, 0.3) is 0 Å². The van der Waals surface area contributed by atoms with Gasteiger partial charge in [0, 0.05) is 46.3 Å². The maximum absolute atomic E-state index is 15.9. The molecule has 0 aromatic heterocycles. The summed E-state index contributed by atoms with van der Waals surface area (Å²) in [6.07, 6.45) is 3.42. The highest BCUT2D eigenvalue weighted by atomic mass is 19.2. The van der Waals surface area contributed by atoms with Gasteiger partial charge in [-0.25, -0.2) is 43.9 Å². The zero-order chi connectivity index (χ0) is 71.7. The molecule has 0 spiro atoms. The van der Waals surface area contributed by atoms with Crippen LogP contribution >= 0.6 is 0 Å². The SMILES string of the molecule is C=Cc1ccc(Oc2ccc(C3(c4cc(F)c(F)c(F)c4)c4ccccc4-c4ccc(N(c5ccc(-c6ccc(N(c7ccc(F)c(F)c7)c7ccc8c(c7)[C@](c7ccc(Oc9ccc(C=C)cc9)cc7)(c7cc(F)c(F)c(F)c7)c7ccccc7-8)cc6)cc5)c5ccc(F)c(F)c5)cc43)cc2)cc1. The second-order valence-corrected chi connectivity index (χ2v) is 25.3. The third-order valence-corrected chi connectivity index (χ3v) is 19.6. The number of anilines is 6. The molecule has 14 heteroatoms. The predicted octanol–water partition coefficient (Wildman–Crippen LogP) is 25.3. The Labute approximate surface area is 591 Å². The Hall–Kier alpha value is -12.9. The summed E-state index contributed by atoms with van der Waals surface area (Å²) in [7, 11) is 0. The Morgan fingerprint density at radius 1 is 0.250 bits per heavy atom. The van der Waals surface area contributed by atoms with Crippen LogP contribution in [-0.4, -0.2) is 0 Å². The molecule has 0 heterocycles. The average molecular weight is 1390 g/mol. The van der Waals surface area contributed by atoms with E-state index in [0.29, 0.717) is 101 Å². The van der Waals surface area contributed by atoms with Crippen molar-refractivity contribution in [3.05, 3.63) is 418 Å². The van der Waals surface area contributed by atoms with Crippen molar-refractivity contribution in [2.24, 2.45) is 0 Å². The molecular formula is C90H54F10N2O2. The lowest BCUT2D eigenvalue weighted by Crippen LogP contribution is -2.29. The normalized spacial score (nSPS) is 14.6. The van der Waals surface area contributed by atoms with Crippen molar-refractivity contribution in [2.45, 2.75) is 10.8 Å². The maximum Gasteiger partial charge on any atom is 0.194 e. The van der Waals surface area contributed by atoms with Gasteiger partial charge < -0.3 is 19.3 Å². The number of hydrogen-bond acceptors (Lipinski definition) is 4. The van der Waals surface area contributed by atoms with Crippen LogP contribution in [0, 0.1) is 58.2 Å². The molecule has 2 atom stereocenters. The van der Waals surface area contributed by atoms with Crippen LogP contribution in [-0.2, 0) is 10.8 Å². The van der Waals surface area contributed by atoms with E-state index in [1.165, 1.54) is 12.1 Å². The molecule has 506 valence electrons. The van der Waals surface area contributed by atoms with Gasteiger partial charge in [0.1, 0.15) is 23.0 Å². The van der Waals surface area contributed by atoms with E-state index in [1.807, 2.05) is 109 Å². The van der Waals surface area contributed by atoms with Crippen LogP contribution in [0.2, 0.25) is 0 Å². The van der Waals surface area contributed by atoms with E-state index in [0.717, 1.165) is 70.8 Å². The van der Waals surface area contributed by atoms with Crippen molar-refractivity contribution in [1.29, 1.82) is 0 Å². The second kappa shape index (κ2) is 26.2. The third kappa shape index (κ3) is 11.1. The molecule has 2 aliphatic rings. The highest BCUT2D eigenvalue weighted by molar-refractivity contribution is 5.92. The maximum atomic E-state index is 15.9. The van der Waals surface area contributed by atoms with Gasteiger partial charge in [0.2, 0.25) is 0 Å².